The zero-order chi connectivity index (χ0) is 38.6. The zero-order valence-corrected chi connectivity index (χ0v) is 31.1. The van der Waals surface area contributed by atoms with E-state index in [-0.39, 0.29) is 0 Å². The van der Waals surface area contributed by atoms with Crippen LogP contribution < -0.4 is 4.90 Å². The van der Waals surface area contributed by atoms with Crippen LogP contribution in [0.25, 0.3) is 111 Å². The van der Waals surface area contributed by atoms with Gasteiger partial charge in [0.15, 0.2) is 17.2 Å². The summed E-state index contributed by atoms with van der Waals surface area (Å²) in [6, 6.07) is 56.9. The van der Waals surface area contributed by atoms with E-state index in [0.717, 1.165) is 99.1 Å². The van der Waals surface area contributed by atoms with E-state index in [2.05, 4.69) is 65.6 Å². The predicted octanol–water partition coefficient (Wildman–Crippen LogP) is 14.3. The zero-order valence-electron chi connectivity index (χ0n) is 31.1. The van der Waals surface area contributed by atoms with Gasteiger partial charge in [-0.15, -0.1) is 0 Å². The minimum absolute atomic E-state index is 0.398. The van der Waals surface area contributed by atoms with Gasteiger partial charge in [-0.1, -0.05) is 97.1 Å². The van der Waals surface area contributed by atoms with Gasteiger partial charge in [0.05, 0.1) is 16.9 Å². The summed E-state index contributed by atoms with van der Waals surface area (Å²) in [5.41, 5.74) is 9.34. The molecule has 0 N–H and O–H groups in total. The van der Waals surface area contributed by atoms with Gasteiger partial charge < -0.3 is 17.7 Å². The average molecular weight is 761 g/mol. The predicted molar refractivity (Wildman–Crippen MR) is 234 cm³/mol. The molecule has 0 fully saturated rings. The van der Waals surface area contributed by atoms with Crippen molar-refractivity contribution in [2.24, 2.45) is 0 Å². The smallest absolute Gasteiger partial charge is 0.238 e. The number of hydrogen-bond donors (Lipinski definition) is 0. The van der Waals surface area contributed by atoms with Gasteiger partial charge in [-0.25, -0.2) is 4.98 Å². The standard InChI is InChI=1S/C51H28N4O4/c1-7-21-43-31(11-1)35-15-9-17-37(47(35)58-43)50-52-49(29-23-25-45-38(27-29)33-13-3-5-19-41(33)56-45)53-51(54-50)55(30-24-26-46-39(28-30)34-14-4-6-20-42(34)57-46)40-18-10-16-36-32-12-2-8-22-44(32)59-48(36)40/h1-28H. The van der Waals surface area contributed by atoms with E-state index in [9.17, 15) is 0 Å². The van der Waals surface area contributed by atoms with Crippen LogP contribution >= 0.6 is 0 Å². The van der Waals surface area contributed by atoms with Gasteiger partial charge in [0.2, 0.25) is 5.95 Å². The molecule has 13 aromatic rings. The van der Waals surface area contributed by atoms with Crippen LogP contribution in [-0.2, 0) is 0 Å². The topological polar surface area (TPSA) is 94.5 Å². The summed E-state index contributed by atoms with van der Waals surface area (Å²) in [5, 5.41) is 7.99. The van der Waals surface area contributed by atoms with E-state index in [4.69, 9.17) is 32.6 Å². The van der Waals surface area contributed by atoms with Gasteiger partial charge in [0, 0.05) is 48.7 Å². The van der Waals surface area contributed by atoms with Crippen molar-refractivity contribution in [3.05, 3.63) is 170 Å². The van der Waals surface area contributed by atoms with E-state index in [1.807, 2.05) is 109 Å². The molecule has 13 rings (SSSR count). The molecule has 59 heavy (non-hydrogen) atoms. The monoisotopic (exact) mass is 760 g/mol. The van der Waals surface area contributed by atoms with Gasteiger partial charge >= 0.3 is 0 Å². The number of benzene rings is 8. The Balaban J connectivity index is 1.12. The Kier molecular flexibility index (Phi) is 6.56. The fraction of sp³-hybridized carbons (Fsp3) is 0. The third-order valence-corrected chi connectivity index (χ3v) is 11.3. The number of fused-ring (bicyclic) bond motifs is 12. The fourth-order valence-electron chi connectivity index (χ4n) is 8.63. The average Bonchev–Trinajstić information content (AvgIpc) is 4.06. The summed E-state index contributed by atoms with van der Waals surface area (Å²) < 4.78 is 25.8. The van der Waals surface area contributed by atoms with Gasteiger partial charge in [-0.3, -0.25) is 4.90 Å². The van der Waals surface area contributed by atoms with Crippen molar-refractivity contribution in [2.45, 2.75) is 0 Å². The Bertz CT molecular complexity index is 3830. The van der Waals surface area contributed by atoms with Crippen LogP contribution in [0.15, 0.2) is 188 Å². The summed E-state index contributed by atoms with van der Waals surface area (Å²) in [6.45, 7) is 0. The molecule has 0 radical (unpaired) electrons. The Hall–Kier alpha value is -8.23. The second-order valence-electron chi connectivity index (χ2n) is 14.7. The van der Waals surface area contributed by atoms with Crippen molar-refractivity contribution < 1.29 is 17.7 Å². The van der Waals surface area contributed by atoms with E-state index in [1.165, 1.54) is 0 Å². The lowest BCUT2D eigenvalue weighted by atomic mass is 10.1. The van der Waals surface area contributed by atoms with Crippen molar-refractivity contribution in [3.8, 4) is 22.8 Å². The number of rotatable bonds is 5. The number of anilines is 3. The molecular weight excluding hydrogens is 733 g/mol. The fourth-order valence-corrected chi connectivity index (χ4v) is 8.63. The van der Waals surface area contributed by atoms with Gasteiger partial charge in [-0.2, -0.15) is 9.97 Å². The highest BCUT2D eigenvalue weighted by Crippen LogP contribution is 2.44. The molecule has 0 spiro atoms. The minimum atomic E-state index is 0.398. The Labute approximate surface area is 334 Å². The van der Waals surface area contributed by atoms with E-state index in [0.29, 0.717) is 28.8 Å². The Morgan fingerprint density at radius 2 is 0.831 bits per heavy atom. The van der Waals surface area contributed by atoms with Crippen LogP contribution in [0.2, 0.25) is 0 Å². The van der Waals surface area contributed by atoms with E-state index in [1.54, 1.807) is 0 Å². The maximum absolute atomic E-state index is 6.69. The quantitative estimate of drug-likeness (QED) is 0.171. The molecule has 0 bridgehead atoms. The molecule has 8 aromatic carbocycles. The van der Waals surface area contributed by atoms with Crippen LogP contribution in [0.3, 0.4) is 0 Å². The molecule has 5 heterocycles. The number of para-hydroxylation sites is 6. The summed E-state index contributed by atoms with van der Waals surface area (Å²) in [4.78, 5) is 18.0. The molecule has 0 amide bonds. The number of furan rings is 4. The van der Waals surface area contributed by atoms with Gasteiger partial charge in [0.25, 0.3) is 0 Å². The first-order chi connectivity index (χ1) is 29.2. The molecule has 276 valence electrons. The van der Waals surface area contributed by atoms with Crippen molar-refractivity contribution in [3.63, 3.8) is 0 Å². The maximum atomic E-state index is 6.69. The SMILES string of the molecule is c1ccc2c(c1)oc1ccc(-c3nc(-c4cccc5c4oc4ccccc45)nc(N(c4ccc5oc6ccccc6c5c4)c4cccc5c4oc4ccccc45)n3)cc12. The summed E-state index contributed by atoms with van der Waals surface area (Å²) in [6.07, 6.45) is 0. The van der Waals surface area contributed by atoms with Crippen molar-refractivity contribution >= 4 is 105 Å². The van der Waals surface area contributed by atoms with Gasteiger partial charge in [0.1, 0.15) is 39.1 Å². The van der Waals surface area contributed by atoms with Crippen LogP contribution in [0.1, 0.15) is 0 Å². The molecular formula is C51H28N4O4. The van der Waals surface area contributed by atoms with Gasteiger partial charge in [-0.05, 0) is 72.8 Å². The van der Waals surface area contributed by atoms with Crippen LogP contribution in [0.4, 0.5) is 17.3 Å². The van der Waals surface area contributed by atoms with Crippen LogP contribution in [0.5, 0.6) is 0 Å². The minimum Gasteiger partial charge on any atom is -0.456 e. The Morgan fingerprint density at radius 3 is 1.51 bits per heavy atom. The first-order valence-electron chi connectivity index (χ1n) is 19.4. The summed E-state index contributed by atoms with van der Waals surface area (Å²) in [5.74, 6) is 1.35. The largest absolute Gasteiger partial charge is 0.456 e. The normalized spacial score (nSPS) is 12.1. The highest BCUT2D eigenvalue weighted by Gasteiger charge is 2.26. The number of aromatic nitrogens is 3. The van der Waals surface area contributed by atoms with Crippen LogP contribution in [0, 0.1) is 0 Å². The third-order valence-electron chi connectivity index (χ3n) is 11.3. The highest BCUT2D eigenvalue weighted by molar-refractivity contribution is 6.12. The maximum Gasteiger partial charge on any atom is 0.238 e. The van der Waals surface area contributed by atoms with Crippen molar-refractivity contribution in [1.82, 2.24) is 15.0 Å². The van der Waals surface area contributed by atoms with E-state index < -0.39 is 0 Å². The summed E-state index contributed by atoms with van der Waals surface area (Å²) in [7, 11) is 0. The highest BCUT2D eigenvalue weighted by atomic mass is 16.3. The molecule has 0 unspecified atom stereocenters. The third kappa shape index (κ3) is 4.80. The molecule has 5 aromatic heterocycles. The lowest BCUT2D eigenvalue weighted by Gasteiger charge is -2.24. The second kappa shape index (κ2) is 12.1. The molecule has 0 aliphatic heterocycles. The first-order valence-corrected chi connectivity index (χ1v) is 19.4. The molecule has 8 nitrogen and oxygen atoms in total. The lowest BCUT2D eigenvalue weighted by molar-refractivity contribution is 0.668. The first kappa shape index (κ1) is 31.9. The van der Waals surface area contributed by atoms with Crippen molar-refractivity contribution in [2.75, 3.05) is 4.90 Å². The summed E-state index contributed by atoms with van der Waals surface area (Å²) >= 11 is 0. The van der Waals surface area contributed by atoms with Crippen molar-refractivity contribution in [1.29, 1.82) is 0 Å². The number of nitrogens with zero attached hydrogens (tertiary/aromatic N) is 4. The molecule has 8 heteroatoms. The second-order valence-corrected chi connectivity index (χ2v) is 14.7. The molecule has 0 aliphatic carbocycles. The number of hydrogen-bond acceptors (Lipinski definition) is 8. The molecule has 0 saturated carbocycles. The van der Waals surface area contributed by atoms with E-state index >= 15 is 0 Å². The van der Waals surface area contributed by atoms with Crippen LogP contribution in [-0.4, -0.2) is 15.0 Å². The molecule has 0 atom stereocenters. The Morgan fingerprint density at radius 1 is 0.339 bits per heavy atom. The molecule has 0 aliphatic rings. The lowest BCUT2D eigenvalue weighted by Crippen LogP contribution is -2.15. The molecule has 0 saturated heterocycles.